The summed E-state index contributed by atoms with van der Waals surface area (Å²) in [5.41, 5.74) is 5.21. The lowest BCUT2D eigenvalue weighted by Crippen LogP contribution is -2.25. The summed E-state index contributed by atoms with van der Waals surface area (Å²) in [7, 11) is 0. The van der Waals surface area contributed by atoms with Crippen LogP contribution in [0.2, 0.25) is 5.02 Å². The van der Waals surface area contributed by atoms with Gasteiger partial charge in [0.15, 0.2) is 0 Å². The zero-order valence-corrected chi connectivity index (χ0v) is 13.0. The number of benzene rings is 1. The number of halogens is 1. The molecule has 0 heterocycles. The smallest absolute Gasteiger partial charge is 0.336 e. The Morgan fingerprint density at radius 1 is 1.40 bits per heavy atom. The maximum absolute atomic E-state index is 11.6. The fourth-order valence-electron chi connectivity index (χ4n) is 1.42. The van der Waals surface area contributed by atoms with E-state index < -0.39 is 17.5 Å². The third kappa shape index (κ3) is 4.94. The van der Waals surface area contributed by atoms with Crippen LogP contribution in [-0.2, 0) is 9.53 Å². The van der Waals surface area contributed by atoms with E-state index in [1.54, 1.807) is 20.8 Å². The second kappa shape index (κ2) is 6.37. The minimum Gasteiger partial charge on any atom is -0.478 e. The summed E-state index contributed by atoms with van der Waals surface area (Å²) in [6.45, 7) is 5.28. The first-order valence-corrected chi connectivity index (χ1v) is 7.13. The lowest BCUT2D eigenvalue weighted by atomic mass is 10.2. The standard InChI is InChI=1S/C13H16ClNO4S/c1-13(2,3)19-10(16)6-20-11-8(12(17)18)4-7(15)5-9(11)14/h4-5H,6,15H2,1-3H3,(H,17,18). The molecule has 0 spiro atoms. The molecule has 0 aliphatic heterocycles. The van der Waals surface area contributed by atoms with Crippen molar-refractivity contribution >= 4 is 41.0 Å². The van der Waals surface area contributed by atoms with Crippen molar-refractivity contribution in [2.24, 2.45) is 0 Å². The highest BCUT2D eigenvalue weighted by Crippen LogP contribution is 2.33. The van der Waals surface area contributed by atoms with Gasteiger partial charge in [0, 0.05) is 10.6 Å². The topological polar surface area (TPSA) is 89.6 Å². The summed E-state index contributed by atoms with van der Waals surface area (Å²) in [4.78, 5) is 23.1. The number of nitrogen functional groups attached to an aromatic ring is 1. The number of hydrogen-bond acceptors (Lipinski definition) is 5. The van der Waals surface area contributed by atoms with Gasteiger partial charge in [-0.3, -0.25) is 4.79 Å². The van der Waals surface area contributed by atoms with E-state index in [4.69, 9.17) is 27.2 Å². The monoisotopic (exact) mass is 317 g/mol. The van der Waals surface area contributed by atoms with Crippen molar-refractivity contribution in [1.82, 2.24) is 0 Å². The third-order valence-corrected chi connectivity index (χ3v) is 3.57. The number of carboxylic acids is 1. The van der Waals surface area contributed by atoms with Gasteiger partial charge in [-0.1, -0.05) is 11.6 Å². The fraction of sp³-hybridized carbons (Fsp3) is 0.385. The van der Waals surface area contributed by atoms with Crippen LogP contribution in [0.4, 0.5) is 5.69 Å². The summed E-state index contributed by atoms with van der Waals surface area (Å²) in [5, 5.41) is 9.33. The average molecular weight is 318 g/mol. The van der Waals surface area contributed by atoms with Crippen LogP contribution in [0, 0.1) is 0 Å². The number of thioether (sulfide) groups is 1. The number of ether oxygens (including phenoxy) is 1. The van der Waals surface area contributed by atoms with Crippen LogP contribution in [0.1, 0.15) is 31.1 Å². The summed E-state index contributed by atoms with van der Waals surface area (Å²) < 4.78 is 5.15. The summed E-state index contributed by atoms with van der Waals surface area (Å²) in [5.74, 6) is -1.61. The highest BCUT2D eigenvalue weighted by Gasteiger charge is 2.20. The number of rotatable bonds is 4. The van der Waals surface area contributed by atoms with Crippen molar-refractivity contribution in [2.45, 2.75) is 31.3 Å². The van der Waals surface area contributed by atoms with Crippen molar-refractivity contribution < 1.29 is 19.4 Å². The SMILES string of the molecule is CC(C)(C)OC(=O)CSc1c(Cl)cc(N)cc1C(=O)O. The first kappa shape index (κ1) is 16.7. The van der Waals surface area contributed by atoms with Gasteiger partial charge in [-0.15, -0.1) is 11.8 Å². The summed E-state index contributed by atoms with van der Waals surface area (Å²) in [6.07, 6.45) is 0. The highest BCUT2D eigenvalue weighted by molar-refractivity contribution is 8.00. The highest BCUT2D eigenvalue weighted by atomic mass is 35.5. The van der Waals surface area contributed by atoms with Crippen LogP contribution in [0.3, 0.4) is 0 Å². The van der Waals surface area contributed by atoms with Crippen molar-refractivity contribution in [2.75, 3.05) is 11.5 Å². The zero-order chi connectivity index (χ0) is 15.5. The van der Waals surface area contributed by atoms with Crippen LogP contribution in [0.25, 0.3) is 0 Å². The Labute approximate surface area is 126 Å². The molecule has 1 aromatic carbocycles. The average Bonchev–Trinajstić information content (AvgIpc) is 2.24. The number of hydrogen-bond donors (Lipinski definition) is 2. The Bertz CT molecular complexity index is 540. The molecule has 1 rings (SSSR count). The van der Waals surface area contributed by atoms with Gasteiger partial charge in [-0.25, -0.2) is 4.79 Å². The maximum atomic E-state index is 11.6. The van der Waals surface area contributed by atoms with Crippen LogP contribution in [-0.4, -0.2) is 28.4 Å². The third-order valence-electron chi connectivity index (χ3n) is 2.05. The minimum absolute atomic E-state index is 0.0245. The molecule has 1 aromatic rings. The second-order valence-corrected chi connectivity index (χ2v) is 6.45. The molecular weight excluding hydrogens is 302 g/mol. The number of nitrogens with two attached hydrogens (primary N) is 1. The van der Waals surface area contributed by atoms with Crippen LogP contribution in [0.5, 0.6) is 0 Å². The van der Waals surface area contributed by atoms with Gasteiger partial charge in [0.2, 0.25) is 0 Å². The summed E-state index contributed by atoms with van der Waals surface area (Å²) >= 11 is 7.00. The Balaban J connectivity index is 2.88. The number of carboxylic acid groups (broad SMARTS) is 1. The van der Waals surface area contributed by atoms with Crippen molar-refractivity contribution in [1.29, 1.82) is 0 Å². The molecule has 110 valence electrons. The van der Waals surface area contributed by atoms with Gasteiger partial charge >= 0.3 is 11.9 Å². The van der Waals surface area contributed by atoms with Crippen molar-refractivity contribution in [3.63, 3.8) is 0 Å². The van der Waals surface area contributed by atoms with Crippen molar-refractivity contribution in [3.05, 3.63) is 22.7 Å². The van der Waals surface area contributed by atoms with Gasteiger partial charge < -0.3 is 15.6 Å². The van der Waals surface area contributed by atoms with E-state index in [-0.39, 0.29) is 22.0 Å². The van der Waals surface area contributed by atoms with E-state index in [0.29, 0.717) is 4.90 Å². The predicted molar refractivity (Wildman–Crippen MR) is 79.4 cm³/mol. The molecule has 0 aromatic heterocycles. The van der Waals surface area contributed by atoms with Gasteiger partial charge in [0.05, 0.1) is 16.3 Å². The van der Waals surface area contributed by atoms with Gasteiger partial charge in [-0.05, 0) is 32.9 Å². The Morgan fingerprint density at radius 3 is 2.50 bits per heavy atom. The molecule has 5 nitrogen and oxygen atoms in total. The molecule has 7 heteroatoms. The Hall–Kier alpha value is -1.40. The Morgan fingerprint density at radius 2 is 2.00 bits per heavy atom. The van der Waals surface area contributed by atoms with E-state index in [1.165, 1.54) is 12.1 Å². The molecular formula is C13H16ClNO4S. The molecule has 0 saturated heterocycles. The number of carbonyl (C=O) groups is 2. The molecule has 0 unspecified atom stereocenters. The Kier molecular flexibility index (Phi) is 5.30. The van der Waals surface area contributed by atoms with Crippen molar-refractivity contribution in [3.8, 4) is 0 Å². The molecule has 0 radical (unpaired) electrons. The van der Waals surface area contributed by atoms with E-state index >= 15 is 0 Å². The molecule has 0 amide bonds. The molecule has 0 aliphatic carbocycles. The molecule has 0 saturated carbocycles. The molecule has 0 bridgehead atoms. The van der Waals surface area contributed by atoms with E-state index in [1.807, 2.05) is 0 Å². The maximum Gasteiger partial charge on any atom is 0.336 e. The normalized spacial score (nSPS) is 11.2. The quantitative estimate of drug-likeness (QED) is 0.504. The number of carbonyl (C=O) groups excluding carboxylic acids is 1. The molecule has 0 atom stereocenters. The number of esters is 1. The second-order valence-electron chi connectivity index (χ2n) is 5.06. The van der Waals surface area contributed by atoms with E-state index in [2.05, 4.69) is 0 Å². The summed E-state index contributed by atoms with van der Waals surface area (Å²) in [6, 6.07) is 2.76. The largest absolute Gasteiger partial charge is 0.478 e. The fourth-order valence-corrected chi connectivity index (χ4v) is 2.63. The van der Waals surface area contributed by atoms with Crippen LogP contribution < -0.4 is 5.73 Å². The lowest BCUT2D eigenvalue weighted by Gasteiger charge is -2.19. The van der Waals surface area contributed by atoms with Gasteiger partial charge in [-0.2, -0.15) is 0 Å². The molecule has 0 aliphatic rings. The van der Waals surface area contributed by atoms with E-state index in [0.717, 1.165) is 11.8 Å². The lowest BCUT2D eigenvalue weighted by molar-refractivity contribution is -0.151. The number of aromatic carboxylic acids is 1. The van der Waals surface area contributed by atoms with Gasteiger partial charge in [0.1, 0.15) is 5.60 Å². The number of anilines is 1. The molecule has 0 fully saturated rings. The zero-order valence-electron chi connectivity index (χ0n) is 11.4. The molecule has 20 heavy (non-hydrogen) atoms. The minimum atomic E-state index is -1.15. The predicted octanol–water partition coefficient (Wildman–Crippen LogP) is 3.05. The first-order valence-electron chi connectivity index (χ1n) is 5.77. The van der Waals surface area contributed by atoms with E-state index in [9.17, 15) is 9.59 Å². The van der Waals surface area contributed by atoms with Crippen LogP contribution in [0.15, 0.2) is 17.0 Å². The first-order chi connectivity index (χ1) is 9.10. The van der Waals surface area contributed by atoms with Gasteiger partial charge in [0.25, 0.3) is 0 Å². The van der Waals surface area contributed by atoms with Crippen LogP contribution >= 0.6 is 23.4 Å². The molecule has 3 N–H and O–H groups in total.